The quantitative estimate of drug-likeness (QED) is 0.430. The van der Waals surface area contributed by atoms with Crippen molar-refractivity contribution in [2.24, 2.45) is 0 Å². The number of benzene rings is 2. The maximum Gasteiger partial charge on any atom is 0.231 e. The first-order valence-corrected chi connectivity index (χ1v) is 10.8. The Hall–Kier alpha value is -3.79. The van der Waals surface area contributed by atoms with Gasteiger partial charge in [0, 0.05) is 12.1 Å². The molecule has 0 unspecified atom stereocenters. The van der Waals surface area contributed by atoms with Crippen molar-refractivity contribution in [3.63, 3.8) is 0 Å². The second-order valence-electron chi connectivity index (χ2n) is 6.96. The monoisotopic (exact) mass is 449 g/mol. The molecule has 0 saturated heterocycles. The molecule has 0 saturated carbocycles. The molecule has 0 bridgehead atoms. The van der Waals surface area contributed by atoms with Gasteiger partial charge in [-0.3, -0.25) is 4.79 Å². The van der Waals surface area contributed by atoms with Crippen LogP contribution in [0.15, 0.2) is 59.8 Å². The molecule has 2 aromatic carbocycles. The zero-order valence-electron chi connectivity index (χ0n) is 17.1. The molecule has 5 rings (SSSR count). The third-order valence-corrected chi connectivity index (χ3v) is 5.78. The summed E-state index contributed by atoms with van der Waals surface area (Å²) in [4.78, 5) is 12.4. The average molecular weight is 449 g/mol. The van der Waals surface area contributed by atoms with Gasteiger partial charge in [-0.15, -0.1) is 10.2 Å². The van der Waals surface area contributed by atoms with E-state index in [9.17, 15) is 4.79 Å². The van der Waals surface area contributed by atoms with Crippen LogP contribution in [0.5, 0.6) is 17.2 Å². The van der Waals surface area contributed by atoms with E-state index in [0.29, 0.717) is 23.1 Å². The van der Waals surface area contributed by atoms with Gasteiger partial charge >= 0.3 is 0 Å². The van der Waals surface area contributed by atoms with E-state index in [4.69, 9.17) is 14.2 Å². The maximum atomic E-state index is 12.4. The van der Waals surface area contributed by atoms with Gasteiger partial charge in [0.1, 0.15) is 5.75 Å². The molecule has 1 N–H and O–H groups in total. The predicted octanol–water partition coefficient (Wildman–Crippen LogP) is 2.94. The Labute approximate surface area is 187 Å². The van der Waals surface area contributed by atoms with Gasteiger partial charge in [0.15, 0.2) is 17.1 Å². The van der Waals surface area contributed by atoms with Gasteiger partial charge in [-0.2, -0.15) is 9.61 Å². The first kappa shape index (κ1) is 20.1. The van der Waals surface area contributed by atoms with Crippen molar-refractivity contribution in [2.75, 3.05) is 19.7 Å². The number of hydrogen-bond acceptors (Lipinski definition) is 8. The molecule has 0 fully saturated rings. The highest BCUT2D eigenvalue weighted by molar-refractivity contribution is 7.99. The van der Waals surface area contributed by atoms with Crippen LogP contribution in [0, 0.1) is 0 Å². The molecular weight excluding hydrogens is 430 g/mol. The van der Waals surface area contributed by atoms with Gasteiger partial charge in [-0.25, -0.2) is 0 Å². The third-order valence-electron chi connectivity index (χ3n) is 4.86. The highest BCUT2D eigenvalue weighted by atomic mass is 32.2. The van der Waals surface area contributed by atoms with Crippen LogP contribution in [-0.4, -0.2) is 45.4 Å². The molecule has 10 heteroatoms. The molecule has 0 atom stereocenters. The largest absolute Gasteiger partial charge is 0.497 e. The topological polar surface area (TPSA) is 99.9 Å². The molecule has 3 heterocycles. The zero-order chi connectivity index (χ0) is 21.9. The molecule has 0 spiro atoms. The van der Waals surface area contributed by atoms with Gasteiger partial charge in [0.2, 0.25) is 17.9 Å². The molecule has 1 amide bonds. The van der Waals surface area contributed by atoms with Crippen molar-refractivity contribution in [1.82, 2.24) is 25.1 Å². The van der Waals surface area contributed by atoms with Crippen molar-refractivity contribution in [1.29, 1.82) is 0 Å². The number of ether oxygens (including phenoxy) is 3. The standard InChI is InChI=1S/C22H19N5O4S/c1-29-16-4-2-3-15(10-16)17-6-8-20-24-25-22(27(20)26-17)32-12-21(28)23-11-14-5-7-18-19(9-14)31-13-30-18/h2-10H,11-13H2,1H3,(H,23,28). The minimum atomic E-state index is -0.117. The van der Waals surface area contributed by atoms with Gasteiger partial charge in [-0.05, 0) is 42.0 Å². The van der Waals surface area contributed by atoms with E-state index in [1.54, 1.807) is 11.6 Å². The van der Waals surface area contributed by atoms with Gasteiger partial charge in [-0.1, -0.05) is 30.0 Å². The van der Waals surface area contributed by atoms with Crippen LogP contribution in [0.25, 0.3) is 16.9 Å². The van der Waals surface area contributed by atoms with Crippen molar-refractivity contribution in [3.05, 3.63) is 60.2 Å². The first-order valence-electron chi connectivity index (χ1n) is 9.84. The zero-order valence-corrected chi connectivity index (χ0v) is 18.0. The molecular formula is C22H19N5O4S. The number of fused-ring (bicyclic) bond motifs is 2. The van der Waals surface area contributed by atoms with E-state index < -0.39 is 0 Å². The fourth-order valence-electron chi connectivity index (χ4n) is 3.23. The number of hydrogen-bond donors (Lipinski definition) is 1. The molecule has 1 aliphatic heterocycles. The van der Waals surface area contributed by atoms with E-state index >= 15 is 0 Å². The number of methoxy groups -OCH3 is 1. The Bertz CT molecular complexity index is 1290. The number of aromatic nitrogens is 4. The normalized spacial score (nSPS) is 12.2. The molecule has 32 heavy (non-hydrogen) atoms. The van der Waals surface area contributed by atoms with Crippen LogP contribution in [0.1, 0.15) is 5.56 Å². The Morgan fingerprint density at radius 2 is 2.03 bits per heavy atom. The molecule has 0 aliphatic carbocycles. The minimum Gasteiger partial charge on any atom is -0.497 e. The summed E-state index contributed by atoms with van der Waals surface area (Å²) in [6.45, 7) is 0.622. The van der Waals surface area contributed by atoms with Crippen LogP contribution in [0.4, 0.5) is 0 Å². The Morgan fingerprint density at radius 1 is 1.12 bits per heavy atom. The number of rotatable bonds is 7. The van der Waals surface area contributed by atoms with Gasteiger partial charge in [0.25, 0.3) is 0 Å². The van der Waals surface area contributed by atoms with E-state index in [1.807, 2.05) is 54.6 Å². The third kappa shape index (κ3) is 4.17. The van der Waals surface area contributed by atoms with Crippen LogP contribution in [0.3, 0.4) is 0 Å². The first-order chi connectivity index (χ1) is 15.7. The molecule has 2 aromatic heterocycles. The van der Waals surface area contributed by atoms with Crippen LogP contribution in [0.2, 0.25) is 0 Å². The van der Waals surface area contributed by atoms with Crippen LogP contribution < -0.4 is 19.5 Å². The number of nitrogens with one attached hydrogen (secondary N) is 1. The summed E-state index contributed by atoms with van der Waals surface area (Å²) in [5.41, 5.74) is 3.22. The summed E-state index contributed by atoms with van der Waals surface area (Å²) in [6, 6.07) is 17.0. The molecule has 1 aliphatic rings. The summed E-state index contributed by atoms with van der Waals surface area (Å²) in [6.07, 6.45) is 0. The predicted molar refractivity (Wildman–Crippen MR) is 118 cm³/mol. The highest BCUT2D eigenvalue weighted by Gasteiger charge is 2.15. The number of thioether (sulfide) groups is 1. The highest BCUT2D eigenvalue weighted by Crippen LogP contribution is 2.32. The van der Waals surface area contributed by atoms with Crippen molar-refractivity contribution in [3.8, 4) is 28.5 Å². The lowest BCUT2D eigenvalue weighted by Crippen LogP contribution is -2.24. The van der Waals surface area contributed by atoms with Crippen LogP contribution in [-0.2, 0) is 11.3 Å². The number of amides is 1. The SMILES string of the molecule is COc1cccc(-c2ccc3nnc(SCC(=O)NCc4ccc5c(c4)OCO5)n3n2)c1. The summed E-state index contributed by atoms with van der Waals surface area (Å²) in [5, 5.41) is 16.4. The second kappa shape index (κ2) is 8.75. The smallest absolute Gasteiger partial charge is 0.231 e. The minimum absolute atomic E-state index is 0.117. The molecule has 162 valence electrons. The number of carbonyl (C=O) groups excluding carboxylic acids is 1. The summed E-state index contributed by atoms with van der Waals surface area (Å²) in [7, 11) is 1.63. The molecule has 4 aromatic rings. The van der Waals surface area contributed by atoms with Gasteiger partial charge in [0.05, 0.1) is 18.6 Å². The van der Waals surface area contributed by atoms with Crippen molar-refractivity contribution < 1.29 is 19.0 Å². The van der Waals surface area contributed by atoms with E-state index in [-0.39, 0.29) is 18.5 Å². The van der Waals surface area contributed by atoms with E-state index in [1.165, 1.54) is 11.8 Å². The molecule has 0 radical (unpaired) electrons. The fourth-order valence-corrected chi connectivity index (χ4v) is 3.95. The fraction of sp³-hybridized carbons (Fsp3) is 0.182. The number of nitrogens with zero attached hydrogens (tertiary/aromatic N) is 4. The summed E-state index contributed by atoms with van der Waals surface area (Å²) in [5.74, 6) is 2.24. The van der Waals surface area contributed by atoms with Crippen molar-refractivity contribution in [2.45, 2.75) is 11.7 Å². The number of carbonyl (C=O) groups is 1. The van der Waals surface area contributed by atoms with Crippen molar-refractivity contribution >= 4 is 23.3 Å². The maximum absolute atomic E-state index is 12.4. The van der Waals surface area contributed by atoms with Crippen LogP contribution >= 0.6 is 11.8 Å². The lowest BCUT2D eigenvalue weighted by atomic mass is 10.1. The van der Waals surface area contributed by atoms with E-state index in [2.05, 4.69) is 20.6 Å². The Kier molecular flexibility index (Phi) is 5.51. The van der Waals surface area contributed by atoms with E-state index in [0.717, 1.165) is 28.3 Å². The molecule has 9 nitrogen and oxygen atoms in total. The Balaban J connectivity index is 1.24. The average Bonchev–Trinajstić information content (AvgIpc) is 3.47. The Morgan fingerprint density at radius 3 is 2.94 bits per heavy atom. The lowest BCUT2D eigenvalue weighted by Gasteiger charge is -2.06. The lowest BCUT2D eigenvalue weighted by molar-refractivity contribution is -0.118. The summed E-state index contributed by atoms with van der Waals surface area (Å²) >= 11 is 1.28. The van der Waals surface area contributed by atoms with Gasteiger partial charge < -0.3 is 19.5 Å². The summed E-state index contributed by atoms with van der Waals surface area (Å²) < 4.78 is 17.6. The second-order valence-corrected chi connectivity index (χ2v) is 7.90.